The molecule has 29 heavy (non-hydrogen) atoms. The molecule has 2 aliphatic heterocycles. The second-order valence-corrected chi connectivity index (χ2v) is 7.91. The van der Waals surface area contributed by atoms with E-state index in [4.69, 9.17) is 0 Å². The van der Waals surface area contributed by atoms with E-state index < -0.39 is 0 Å². The summed E-state index contributed by atoms with van der Waals surface area (Å²) in [6, 6.07) is 17.3. The summed E-state index contributed by atoms with van der Waals surface area (Å²) in [6.45, 7) is 3.69. The number of aliphatic hydroxyl groups is 1. The molecule has 0 aliphatic carbocycles. The summed E-state index contributed by atoms with van der Waals surface area (Å²) >= 11 is 0. The molecular formula is C24H26N2O3. The lowest BCUT2D eigenvalue weighted by Crippen LogP contribution is -2.40. The lowest BCUT2D eigenvalue weighted by Gasteiger charge is -2.34. The van der Waals surface area contributed by atoms with Gasteiger partial charge < -0.3 is 10.0 Å². The molecule has 0 radical (unpaired) electrons. The number of hydrogen-bond acceptors (Lipinski definition) is 4. The van der Waals surface area contributed by atoms with Crippen molar-refractivity contribution in [1.29, 1.82) is 0 Å². The van der Waals surface area contributed by atoms with E-state index in [1.807, 2.05) is 66.4 Å². The molecular weight excluding hydrogens is 364 g/mol. The van der Waals surface area contributed by atoms with Gasteiger partial charge in [0.05, 0.1) is 12.1 Å². The van der Waals surface area contributed by atoms with Crippen LogP contribution in [0.25, 0.3) is 5.57 Å². The van der Waals surface area contributed by atoms with Crippen LogP contribution < -0.4 is 0 Å². The second kappa shape index (κ2) is 8.21. The zero-order valence-electron chi connectivity index (χ0n) is 16.7. The van der Waals surface area contributed by atoms with Crippen molar-refractivity contribution in [3.05, 3.63) is 77.0 Å². The number of nitrogens with zero attached hydrogens (tertiary/aromatic N) is 2. The molecule has 1 fully saturated rings. The quantitative estimate of drug-likeness (QED) is 0.798. The predicted molar refractivity (Wildman–Crippen MR) is 111 cm³/mol. The first-order valence-electron chi connectivity index (χ1n) is 10.2. The van der Waals surface area contributed by atoms with Crippen LogP contribution >= 0.6 is 0 Å². The van der Waals surface area contributed by atoms with Gasteiger partial charge in [-0.05, 0) is 36.8 Å². The van der Waals surface area contributed by atoms with Crippen molar-refractivity contribution in [2.45, 2.75) is 26.3 Å². The van der Waals surface area contributed by atoms with Gasteiger partial charge in [0.15, 0.2) is 0 Å². The van der Waals surface area contributed by atoms with E-state index in [0.29, 0.717) is 17.8 Å². The maximum atomic E-state index is 13.4. The molecule has 2 aromatic carbocycles. The molecule has 5 heteroatoms. The molecule has 1 saturated heterocycles. The third-order valence-corrected chi connectivity index (χ3v) is 5.76. The van der Waals surface area contributed by atoms with Gasteiger partial charge in [-0.15, -0.1) is 0 Å². The number of imide groups is 1. The van der Waals surface area contributed by atoms with E-state index in [2.05, 4.69) is 0 Å². The minimum atomic E-state index is -0.247. The SMILES string of the molecule is Cc1ccc(CN2C(=O)C(c3ccccc3)=C(N3CCCC(CO)C3)C2=O)cc1. The molecule has 4 rings (SSSR count). The molecule has 2 heterocycles. The van der Waals surface area contributed by atoms with Gasteiger partial charge in [-0.3, -0.25) is 14.5 Å². The maximum absolute atomic E-state index is 13.4. The Morgan fingerprint density at radius 1 is 1.00 bits per heavy atom. The number of amides is 2. The van der Waals surface area contributed by atoms with Crippen LogP contribution in [0.4, 0.5) is 0 Å². The van der Waals surface area contributed by atoms with Crippen molar-refractivity contribution in [2.24, 2.45) is 5.92 Å². The van der Waals surface area contributed by atoms with Crippen LogP contribution in [0, 0.1) is 12.8 Å². The molecule has 0 aromatic heterocycles. The highest BCUT2D eigenvalue weighted by Crippen LogP contribution is 2.34. The van der Waals surface area contributed by atoms with Crippen LogP contribution in [-0.2, 0) is 16.1 Å². The number of carbonyl (C=O) groups excluding carboxylic acids is 2. The van der Waals surface area contributed by atoms with Crippen LogP contribution in [0.1, 0.15) is 29.5 Å². The Labute approximate surface area is 171 Å². The molecule has 1 unspecified atom stereocenters. The fourth-order valence-corrected chi connectivity index (χ4v) is 4.16. The van der Waals surface area contributed by atoms with E-state index in [1.54, 1.807) is 0 Å². The van der Waals surface area contributed by atoms with Crippen LogP contribution in [-0.4, -0.2) is 46.4 Å². The Morgan fingerprint density at radius 3 is 2.41 bits per heavy atom. The monoisotopic (exact) mass is 390 g/mol. The summed E-state index contributed by atoms with van der Waals surface area (Å²) < 4.78 is 0. The van der Waals surface area contributed by atoms with E-state index in [0.717, 1.165) is 36.1 Å². The van der Waals surface area contributed by atoms with E-state index in [1.165, 1.54) is 4.90 Å². The zero-order valence-corrected chi connectivity index (χ0v) is 16.7. The third-order valence-electron chi connectivity index (χ3n) is 5.76. The molecule has 0 spiro atoms. The van der Waals surface area contributed by atoms with Crippen molar-refractivity contribution < 1.29 is 14.7 Å². The highest BCUT2D eigenvalue weighted by molar-refractivity contribution is 6.35. The maximum Gasteiger partial charge on any atom is 0.278 e. The number of carbonyl (C=O) groups is 2. The Balaban J connectivity index is 1.71. The number of aryl methyl sites for hydroxylation is 1. The second-order valence-electron chi connectivity index (χ2n) is 7.91. The smallest absolute Gasteiger partial charge is 0.278 e. The van der Waals surface area contributed by atoms with E-state index in [9.17, 15) is 14.7 Å². The van der Waals surface area contributed by atoms with Crippen LogP contribution in [0.3, 0.4) is 0 Å². The van der Waals surface area contributed by atoms with Gasteiger partial charge in [0.1, 0.15) is 5.70 Å². The normalized spacial score (nSPS) is 20.0. The lowest BCUT2D eigenvalue weighted by atomic mass is 9.97. The van der Waals surface area contributed by atoms with Crippen LogP contribution in [0.2, 0.25) is 0 Å². The van der Waals surface area contributed by atoms with E-state index >= 15 is 0 Å². The average molecular weight is 390 g/mol. The first-order valence-corrected chi connectivity index (χ1v) is 10.2. The highest BCUT2D eigenvalue weighted by Gasteiger charge is 2.42. The largest absolute Gasteiger partial charge is 0.396 e. The Bertz CT molecular complexity index is 934. The topological polar surface area (TPSA) is 60.9 Å². The molecule has 2 aliphatic rings. The molecule has 1 N–H and O–H groups in total. The van der Waals surface area contributed by atoms with Crippen molar-refractivity contribution in [3.8, 4) is 0 Å². The first-order chi connectivity index (χ1) is 14.1. The predicted octanol–water partition coefficient (Wildman–Crippen LogP) is 2.98. The summed E-state index contributed by atoms with van der Waals surface area (Å²) in [5.41, 5.74) is 3.78. The molecule has 5 nitrogen and oxygen atoms in total. The fourth-order valence-electron chi connectivity index (χ4n) is 4.16. The number of hydrogen-bond donors (Lipinski definition) is 1. The molecule has 2 amide bonds. The van der Waals surface area contributed by atoms with Gasteiger partial charge in [0.2, 0.25) is 0 Å². The minimum Gasteiger partial charge on any atom is -0.396 e. The van der Waals surface area contributed by atoms with Gasteiger partial charge in [0.25, 0.3) is 11.8 Å². The molecule has 1 atom stereocenters. The zero-order chi connectivity index (χ0) is 20.4. The summed E-state index contributed by atoms with van der Waals surface area (Å²) in [4.78, 5) is 30.1. The average Bonchev–Trinajstić information content (AvgIpc) is 3.00. The number of aliphatic hydroxyl groups excluding tert-OH is 1. The van der Waals surface area contributed by atoms with Crippen LogP contribution in [0.15, 0.2) is 60.3 Å². The standard InChI is InChI=1S/C24H26N2O3/c1-17-9-11-18(12-10-17)15-26-23(28)21(20-7-3-2-4-8-20)22(24(26)29)25-13-5-6-19(14-25)16-27/h2-4,7-12,19,27H,5-6,13-16H2,1H3. The van der Waals surface area contributed by atoms with E-state index in [-0.39, 0.29) is 30.9 Å². The number of piperidine rings is 1. The molecule has 150 valence electrons. The molecule has 0 saturated carbocycles. The van der Waals surface area contributed by atoms with Gasteiger partial charge in [-0.25, -0.2) is 0 Å². The van der Waals surface area contributed by atoms with Crippen molar-refractivity contribution in [1.82, 2.24) is 9.80 Å². The summed E-state index contributed by atoms with van der Waals surface area (Å²) in [5, 5.41) is 9.62. The summed E-state index contributed by atoms with van der Waals surface area (Å²) in [7, 11) is 0. The van der Waals surface area contributed by atoms with Gasteiger partial charge >= 0.3 is 0 Å². The Hall–Kier alpha value is -2.92. The van der Waals surface area contributed by atoms with Crippen molar-refractivity contribution in [2.75, 3.05) is 19.7 Å². The number of likely N-dealkylation sites (tertiary alicyclic amines) is 1. The first kappa shape index (κ1) is 19.4. The summed E-state index contributed by atoms with van der Waals surface area (Å²) in [5.74, 6) is -0.363. The third kappa shape index (κ3) is 3.83. The fraction of sp³-hybridized carbons (Fsp3) is 0.333. The van der Waals surface area contributed by atoms with Crippen molar-refractivity contribution >= 4 is 17.4 Å². The lowest BCUT2D eigenvalue weighted by molar-refractivity contribution is -0.138. The number of rotatable bonds is 5. The van der Waals surface area contributed by atoms with Crippen molar-refractivity contribution in [3.63, 3.8) is 0 Å². The molecule has 2 aromatic rings. The molecule has 0 bridgehead atoms. The summed E-state index contributed by atoms with van der Waals surface area (Å²) in [6.07, 6.45) is 1.84. The van der Waals surface area contributed by atoms with Gasteiger partial charge in [-0.1, -0.05) is 60.2 Å². The van der Waals surface area contributed by atoms with Gasteiger partial charge in [-0.2, -0.15) is 0 Å². The number of benzene rings is 2. The minimum absolute atomic E-state index is 0.0969. The Morgan fingerprint density at radius 2 is 1.72 bits per heavy atom. The van der Waals surface area contributed by atoms with Crippen LogP contribution in [0.5, 0.6) is 0 Å². The highest BCUT2D eigenvalue weighted by atomic mass is 16.3. The van der Waals surface area contributed by atoms with Gasteiger partial charge in [0, 0.05) is 19.7 Å². The Kier molecular flexibility index (Phi) is 5.49.